The molecule has 7 nitrogen and oxygen atoms in total. The van der Waals surface area contributed by atoms with Crippen molar-refractivity contribution >= 4 is 34.9 Å². The van der Waals surface area contributed by atoms with E-state index in [0.717, 1.165) is 34.2 Å². The van der Waals surface area contributed by atoms with Crippen molar-refractivity contribution in [3.63, 3.8) is 0 Å². The summed E-state index contributed by atoms with van der Waals surface area (Å²) in [5, 5.41) is 3.86. The predicted molar refractivity (Wildman–Crippen MR) is 109 cm³/mol. The number of carbonyl (C=O) groups is 2. The third kappa shape index (κ3) is 3.62. The highest BCUT2D eigenvalue weighted by Gasteiger charge is 2.33. The highest BCUT2D eigenvalue weighted by atomic mass is 35.5. The molecule has 3 amide bonds. The second-order valence-corrected chi connectivity index (χ2v) is 7.72. The van der Waals surface area contributed by atoms with Crippen LogP contribution in [0, 0.1) is 5.92 Å². The summed E-state index contributed by atoms with van der Waals surface area (Å²) in [5.74, 6) is 0.534. The van der Waals surface area contributed by atoms with Crippen molar-refractivity contribution in [2.75, 3.05) is 31.2 Å². The molecule has 1 aliphatic heterocycles. The van der Waals surface area contributed by atoms with Crippen molar-refractivity contribution in [3.8, 4) is 11.1 Å². The van der Waals surface area contributed by atoms with Gasteiger partial charge in [-0.2, -0.15) is 0 Å². The molecule has 2 aromatic rings. The molecule has 1 aromatic heterocycles. The zero-order valence-electron chi connectivity index (χ0n) is 15.6. The number of nitrogens with zero attached hydrogens (tertiary/aromatic N) is 3. The summed E-state index contributed by atoms with van der Waals surface area (Å²) in [5.41, 5.74) is 9.95. The zero-order valence-corrected chi connectivity index (χ0v) is 16.4. The average Bonchev–Trinajstić information content (AvgIpc) is 3.49. The number of nitrogens with one attached hydrogen (secondary N) is 1. The molecule has 8 heteroatoms. The average molecular weight is 400 g/mol. The number of likely N-dealkylation sites (N-methyl/N-ethyl adjacent to an activating group) is 1. The maximum Gasteiger partial charge on any atom is 0.327 e. The van der Waals surface area contributed by atoms with E-state index in [1.807, 2.05) is 24.3 Å². The van der Waals surface area contributed by atoms with Crippen LogP contribution in [0.5, 0.6) is 0 Å². The monoisotopic (exact) mass is 399 g/mol. The van der Waals surface area contributed by atoms with E-state index in [1.54, 1.807) is 6.20 Å². The van der Waals surface area contributed by atoms with Gasteiger partial charge in [-0.1, -0.05) is 23.7 Å². The van der Waals surface area contributed by atoms with Crippen LogP contribution < -0.4 is 11.1 Å². The lowest BCUT2D eigenvalue weighted by atomic mass is 10.1. The highest BCUT2D eigenvalue weighted by molar-refractivity contribution is 6.36. The maximum absolute atomic E-state index is 12.0. The number of carbonyl (C=O) groups excluding carboxylic acids is 2. The van der Waals surface area contributed by atoms with Gasteiger partial charge in [-0.15, -0.1) is 0 Å². The van der Waals surface area contributed by atoms with Crippen LogP contribution in [0.4, 0.5) is 16.2 Å². The number of imide groups is 1. The molecule has 2 aliphatic rings. The fourth-order valence-corrected chi connectivity index (χ4v) is 3.47. The Kier molecular flexibility index (Phi) is 4.85. The van der Waals surface area contributed by atoms with Gasteiger partial charge in [-0.05, 0) is 30.9 Å². The fourth-order valence-electron chi connectivity index (χ4n) is 3.20. The van der Waals surface area contributed by atoms with Gasteiger partial charge in [-0.25, -0.2) is 4.79 Å². The first kappa shape index (κ1) is 18.6. The number of benzene rings is 1. The van der Waals surface area contributed by atoms with E-state index >= 15 is 0 Å². The minimum absolute atomic E-state index is 0.0798. The summed E-state index contributed by atoms with van der Waals surface area (Å²) in [6, 6.07) is 7.30. The van der Waals surface area contributed by atoms with Crippen molar-refractivity contribution in [1.82, 2.24) is 14.8 Å². The molecule has 1 saturated heterocycles. The van der Waals surface area contributed by atoms with Gasteiger partial charge in [0.05, 0.1) is 28.6 Å². The highest BCUT2D eigenvalue weighted by Crippen LogP contribution is 2.38. The predicted octanol–water partition coefficient (Wildman–Crippen LogP) is 3.20. The second kappa shape index (κ2) is 7.31. The van der Waals surface area contributed by atoms with Crippen molar-refractivity contribution in [2.24, 2.45) is 5.92 Å². The molecule has 0 atom stereocenters. The lowest BCUT2D eigenvalue weighted by molar-refractivity contribution is -0.124. The molecule has 1 saturated carbocycles. The first-order chi connectivity index (χ1) is 13.4. The first-order valence-corrected chi connectivity index (χ1v) is 9.64. The lowest BCUT2D eigenvalue weighted by Gasteiger charge is -2.15. The summed E-state index contributed by atoms with van der Waals surface area (Å²) in [6.07, 6.45) is 4.24. The quantitative estimate of drug-likeness (QED) is 0.575. The van der Waals surface area contributed by atoms with Crippen LogP contribution in [0.1, 0.15) is 18.5 Å². The molecule has 2 heterocycles. The SMILES string of the molecule is CN1C(=O)CN(Cc2ccc(-c3ccc(NCC4CC4)c(N)c3Cl)cn2)C1=O. The number of urea groups is 1. The van der Waals surface area contributed by atoms with Gasteiger partial charge in [0.25, 0.3) is 0 Å². The summed E-state index contributed by atoms with van der Waals surface area (Å²) >= 11 is 6.50. The van der Waals surface area contributed by atoms with E-state index in [4.69, 9.17) is 17.3 Å². The lowest BCUT2D eigenvalue weighted by Crippen LogP contribution is -2.29. The first-order valence-electron chi connectivity index (χ1n) is 9.26. The van der Waals surface area contributed by atoms with Crippen LogP contribution in [-0.4, -0.2) is 46.9 Å². The van der Waals surface area contributed by atoms with Gasteiger partial charge in [0, 0.05) is 30.9 Å². The number of amides is 3. The maximum atomic E-state index is 12.0. The topological polar surface area (TPSA) is 91.6 Å². The number of halogens is 1. The Morgan fingerprint density at radius 2 is 2.04 bits per heavy atom. The van der Waals surface area contributed by atoms with E-state index in [2.05, 4.69) is 10.3 Å². The Balaban J connectivity index is 1.48. The van der Waals surface area contributed by atoms with Gasteiger partial charge in [0.1, 0.15) is 6.54 Å². The van der Waals surface area contributed by atoms with E-state index in [0.29, 0.717) is 16.4 Å². The van der Waals surface area contributed by atoms with Crippen molar-refractivity contribution in [2.45, 2.75) is 19.4 Å². The molecule has 2 fully saturated rings. The van der Waals surface area contributed by atoms with Crippen molar-refractivity contribution in [1.29, 1.82) is 0 Å². The molecular formula is C20H22ClN5O2. The van der Waals surface area contributed by atoms with Crippen molar-refractivity contribution < 1.29 is 9.59 Å². The molecule has 0 radical (unpaired) electrons. The zero-order chi connectivity index (χ0) is 19.8. The van der Waals surface area contributed by atoms with Crippen LogP contribution in [0.25, 0.3) is 11.1 Å². The van der Waals surface area contributed by atoms with Gasteiger partial charge in [0.2, 0.25) is 5.91 Å². The van der Waals surface area contributed by atoms with Crippen LogP contribution in [0.15, 0.2) is 30.5 Å². The molecule has 1 aliphatic carbocycles. The fraction of sp³-hybridized carbons (Fsp3) is 0.350. The molecule has 28 heavy (non-hydrogen) atoms. The van der Waals surface area contributed by atoms with Crippen LogP contribution in [-0.2, 0) is 11.3 Å². The van der Waals surface area contributed by atoms with Crippen LogP contribution in [0.2, 0.25) is 5.02 Å². The van der Waals surface area contributed by atoms with E-state index < -0.39 is 0 Å². The normalized spacial score (nSPS) is 16.8. The van der Waals surface area contributed by atoms with E-state index in [1.165, 1.54) is 24.8 Å². The summed E-state index contributed by atoms with van der Waals surface area (Å²) < 4.78 is 0. The minimum atomic E-state index is -0.305. The Hall–Kier alpha value is -2.80. The number of nitrogen functional groups attached to an aromatic ring is 1. The Bertz CT molecular complexity index is 927. The number of rotatable bonds is 6. The second-order valence-electron chi connectivity index (χ2n) is 7.34. The third-order valence-electron chi connectivity index (χ3n) is 5.20. The molecule has 3 N–H and O–H groups in total. The smallest absolute Gasteiger partial charge is 0.327 e. The van der Waals surface area contributed by atoms with Crippen LogP contribution in [0.3, 0.4) is 0 Å². The number of nitrogens with two attached hydrogens (primary N) is 1. The number of aromatic nitrogens is 1. The van der Waals surface area contributed by atoms with Gasteiger partial charge < -0.3 is 16.0 Å². The molecule has 1 aromatic carbocycles. The molecule has 0 spiro atoms. The summed E-state index contributed by atoms with van der Waals surface area (Å²) in [6.45, 7) is 1.29. The molecule has 0 unspecified atom stereocenters. The minimum Gasteiger partial charge on any atom is -0.396 e. The Labute approximate surface area is 168 Å². The van der Waals surface area contributed by atoms with Gasteiger partial charge >= 0.3 is 6.03 Å². The summed E-state index contributed by atoms with van der Waals surface area (Å²) in [4.78, 5) is 30.6. The number of anilines is 2. The Morgan fingerprint density at radius 1 is 1.25 bits per heavy atom. The number of pyridine rings is 1. The third-order valence-corrected chi connectivity index (χ3v) is 5.61. The molecule has 4 rings (SSSR count). The molecule has 146 valence electrons. The van der Waals surface area contributed by atoms with E-state index in [9.17, 15) is 9.59 Å². The van der Waals surface area contributed by atoms with Crippen LogP contribution >= 0.6 is 11.6 Å². The van der Waals surface area contributed by atoms with Gasteiger partial charge in [0.15, 0.2) is 0 Å². The molecular weight excluding hydrogens is 378 g/mol. The van der Waals surface area contributed by atoms with Gasteiger partial charge in [-0.3, -0.25) is 14.7 Å². The molecule has 0 bridgehead atoms. The standard InChI is InChI=1S/C20H22ClN5O2/c1-25-17(27)11-26(20(25)28)10-14-5-4-13(9-23-14)15-6-7-16(19(22)18(15)21)24-8-12-2-3-12/h4-7,9,12,24H,2-3,8,10-11,22H2,1H3. The van der Waals surface area contributed by atoms with E-state index in [-0.39, 0.29) is 25.0 Å². The number of hydrogen-bond acceptors (Lipinski definition) is 5. The Morgan fingerprint density at radius 3 is 2.64 bits per heavy atom. The summed E-state index contributed by atoms with van der Waals surface area (Å²) in [7, 11) is 1.48. The number of hydrogen-bond donors (Lipinski definition) is 2. The largest absolute Gasteiger partial charge is 0.396 e. The van der Waals surface area contributed by atoms with Crippen molar-refractivity contribution in [3.05, 3.63) is 41.2 Å².